The molecular weight excluding hydrogens is 214 g/mol. The van der Waals surface area contributed by atoms with Crippen molar-refractivity contribution in [1.82, 2.24) is 15.5 Å². The lowest BCUT2D eigenvalue weighted by Gasteiger charge is -2.23. The van der Waals surface area contributed by atoms with Crippen LogP contribution in [0.2, 0.25) is 0 Å². The number of piperidine rings is 1. The van der Waals surface area contributed by atoms with Crippen LogP contribution in [0.25, 0.3) is 0 Å². The summed E-state index contributed by atoms with van der Waals surface area (Å²) < 4.78 is 0. The fourth-order valence-electron chi connectivity index (χ4n) is 2.02. The predicted molar refractivity (Wildman–Crippen MR) is 71.0 cm³/mol. The normalized spacial score (nSPS) is 20.9. The molecule has 1 fully saturated rings. The van der Waals surface area contributed by atoms with Gasteiger partial charge in [0, 0.05) is 19.1 Å². The van der Waals surface area contributed by atoms with E-state index in [0.29, 0.717) is 6.04 Å². The van der Waals surface area contributed by atoms with Gasteiger partial charge in [-0.15, -0.1) is 0 Å². The van der Waals surface area contributed by atoms with E-state index in [1.54, 1.807) is 0 Å². The van der Waals surface area contributed by atoms with Crippen LogP contribution in [0, 0.1) is 5.92 Å². The first kappa shape index (κ1) is 14.5. The zero-order valence-corrected chi connectivity index (χ0v) is 11.5. The highest BCUT2D eigenvalue weighted by Crippen LogP contribution is 2.09. The Hall–Kier alpha value is -0.610. The van der Waals surface area contributed by atoms with Gasteiger partial charge in [0.15, 0.2) is 0 Å². The Morgan fingerprint density at radius 3 is 2.88 bits per heavy atom. The van der Waals surface area contributed by atoms with Gasteiger partial charge >= 0.3 is 0 Å². The third-order valence-corrected chi connectivity index (χ3v) is 3.54. The first-order valence-corrected chi connectivity index (χ1v) is 6.80. The van der Waals surface area contributed by atoms with Gasteiger partial charge in [-0.25, -0.2) is 0 Å². The van der Waals surface area contributed by atoms with Gasteiger partial charge in [0.25, 0.3) is 0 Å². The molecule has 0 aliphatic carbocycles. The van der Waals surface area contributed by atoms with Gasteiger partial charge in [-0.3, -0.25) is 4.79 Å². The fraction of sp³-hybridized carbons (Fsp3) is 0.923. The molecule has 0 aromatic carbocycles. The molecule has 1 aliphatic rings. The number of nitrogens with one attached hydrogen (secondary N) is 2. The first-order chi connectivity index (χ1) is 8.11. The summed E-state index contributed by atoms with van der Waals surface area (Å²) in [6.07, 6.45) is 3.18. The minimum atomic E-state index is 0.187. The molecule has 1 saturated heterocycles. The van der Waals surface area contributed by atoms with Crippen molar-refractivity contribution in [3.8, 4) is 0 Å². The van der Waals surface area contributed by atoms with Crippen LogP contribution >= 0.6 is 0 Å². The maximum Gasteiger partial charge on any atom is 0.224 e. The summed E-state index contributed by atoms with van der Waals surface area (Å²) >= 11 is 0. The Labute approximate surface area is 105 Å². The van der Waals surface area contributed by atoms with Crippen molar-refractivity contribution in [3.05, 3.63) is 0 Å². The molecule has 0 bridgehead atoms. The number of hydrogen-bond acceptors (Lipinski definition) is 3. The van der Waals surface area contributed by atoms with Crippen molar-refractivity contribution < 1.29 is 4.79 Å². The fourth-order valence-corrected chi connectivity index (χ4v) is 2.02. The zero-order chi connectivity index (χ0) is 12.7. The molecule has 0 aromatic heterocycles. The molecule has 0 radical (unpaired) electrons. The molecule has 0 spiro atoms. The van der Waals surface area contributed by atoms with E-state index in [-0.39, 0.29) is 11.8 Å². The van der Waals surface area contributed by atoms with Gasteiger partial charge in [-0.05, 0) is 53.2 Å². The summed E-state index contributed by atoms with van der Waals surface area (Å²) in [7, 11) is 2.12. The van der Waals surface area contributed by atoms with Crippen LogP contribution in [0.3, 0.4) is 0 Å². The maximum absolute atomic E-state index is 11.8. The molecule has 4 nitrogen and oxygen atoms in total. The molecule has 0 unspecified atom stereocenters. The SMILES string of the molecule is CC(C)N(C)CCCNC(=O)[C@H]1CCCNC1. The van der Waals surface area contributed by atoms with Gasteiger partial charge in [0.05, 0.1) is 5.92 Å². The Morgan fingerprint density at radius 1 is 1.53 bits per heavy atom. The Bertz CT molecular complexity index is 225. The average Bonchev–Trinajstić information content (AvgIpc) is 2.35. The van der Waals surface area contributed by atoms with Crippen molar-refractivity contribution in [3.63, 3.8) is 0 Å². The second-order valence-electron chi connectivity index (χ2n) is 5.26. The number of carbonyl (C=O) groups is 1. The minimum Gasteiger partial charge on any atom is -0.356 e. The topological polar surface area (TPSA) is 44.4 Å². The van der Waals surface area contributed by atoms with Crippen LogP contribution in [0.1, 0.15) is 33.1 Å². The van der Waals surface area contributed by atoms with E-state index >= 15 is 0 Å². The van der Waals surface area contributed by atoms with Gasteiger partial charge in [-0.2, -0.15) is 0 Å². The van der Waals surface area contributed by atoms with E-state index in [9.17, 15) is 4.79 Å². The van der Waals surface area contributed by atoms with E-state index in [1.807, 2.05) is 0 Å². The standard InChI is InChI=1S/C13H27N3O/c1-11(2)16(3)9-5-8-15-13(17)12-6-4-7-14-10-12/h11-12,14H,4-10H2,1-3H3,(H,15,17)/t12-/m0/s1. The highest BCUT2D eigenvalue weighted by molar-refractivity contribution is 5.78. The van der Waals surface area contributed by atoms with Crippen LogP contribution in [0.4, 0.5) is 0 Å². The van der Waals surface area contributed by atoms with E-state index in [4.69, 9.17) is 0 Å². The van der Waals surface area contributed by atoms with Gasteiger partial charge in [0.2, 0.25) is 5.91 Å². The Balaban J connectivity index is 2.07. The lowest BCUT2D eigenvalue weighted by molar-refractivity contribution is -0.125. The van der Waals surface area contributed by atoms with Gasteiger partial charge in [0.1, 0.15) is 0 Å². The molecule has 17 heavy (non-hydrogen) atoms. The Morgan fingerprint density at radius 2 is 2.29 bits per heavy atom. The largest absolute Gasteiger partial charge is 0.356 e. The highest BCUT2D eigenvalue weighted by Gasteiger charge is 2.20. The molecule has 1 rings (SSSR count). The second-order valence-corrected chi connectivity index (χ2v) is 5.26. The highest BCUT2D eigenvalue weighted by atomic mass is 16.1. The van der Waals surface area contributed by atoms with Crippen molar-refractivity contribution in [2.75, 3.05) is 33.2 Å². The number of amides is 1. The number of carbonyl (C=O) groups excluding carboxylic acids is 1. The van der Waals surface area contributed by atoms with E-state index in [0.717, 1.165) is 45.4 Å². The molecule has 4 heteroatoms. The lowest BCUT2D eigenvalue weighted by Crippen LogP contribution is -2.41. The van der Waals surface area contributed by atoms with Gasteiger partial charge in [-0.1, -0.05) is 0 Å². The Kier molecular flexibility index (Phi) is 6.52. The summed E-state index contributed by atoms with van der Waals surface area (Å²) in [6, 6.07) is 0.577. The minimum absolute atomic E-state index is 0.187. The van der Waals surface area contributed by atoms with E-state index < -0.39 is 0 Å². The smallest absolute Gasteiger partial charge is 0.224 e. The van der Waals surface area contributed by atoms with E-state index in [2.05, 4.69) is 36.4 Å². The number of nitrogens with zero attached hydrogens (tertiary/aromatic N) is 1. The molecule has 0 aromatic rings. The predicted octanol–water partition coefficient (Wildman–Crippen LogP) is 0.833. The van der Waals surface area contributed by atoms with Crippen LogP contribution in [-0.2, 0) is 4.79 Å². The van der Waals surface area contributed by atoms with Crippen LogP contribution in [-0.4, -0.2) is 50.1 Å². The van der Waals surface area contributed by atoms with Crippen molar-refractivity contribution >= 4 is 5.91 Å². The zero-order valence-electron chi connectivity index (χ0n) is 11.5. The maximum atomic E-state index is 11.8. The third kappa shape index (κ3) is 5.50. The van der Waals surface area contributed by atoms with Crippen molar-refractivity contribution in [2.45, 2.75) is 39.2 Å². The molecule has 1 amide bonds. The van der Waals surface area contributed by atoms with Crippen LogP contribution in [0.15, 0.2) is 0 Å². The van der Waals surface area contributed by atoms with E-state index in [1.165, 1.54) is 0 Å². The van der Waals surface area contributed by atoms with Gasteiger partial charge < -0.3 is 15.5 Å². The second kappa shape index (κ2) is 7.67. The number of hydrogen-bond donors (Lipinski definition) is 2. The van der Waals surface area contributed by atoms with Crippen LogP contribution in [0.5, 0.6) is 0 Å². The first-order valence-electron chi connectivity index (χ1n) is 6.80. The molecule has 100 valence electrons. The monoisotopic (exact) mass is 241 g/mol. The van der Waals surface area contributed by atoms with Crippen molar-refractivity contribution in [1.29, 1.82) is 0 Å². The van der Waals surface area contributed by atoms with Crippen molar-refractivity contribution in [2.24, 2.45) is 5.92 Å². The number of rotatable bonds is 6. The summed E-state index contributed by atoms with van der Waals surface area (Å²) in [5.74, 6) is 0.413. The molecule has 1 aliphatic heterocycles. The summed E-state index contributed by atoms with van der Waals surface area (Å²) in [5.41, 5.74) is 0. The molecule has 0 saturated carbocycles. The third-order valence-electron chi connectivity index (χ3n) is 3.54. The summed E-state index contributed by atoms with van der Waals surface area (Å²) in [5, 5.41) is 6.31. The quantitative estimate of drug-likeness (QED) is 0.677. The summed E-state index contributed by atoms with van der Waals surface area (Å²) in [6.45, 7) is 8.12. The molecule has 1 atom stereocenters. The lowest BCUT2D eigenvalue weighted by atomic mass is 9.99. The molecular formula is C13H27N3O. The molecule has 2 N–H and O–H groups in total. The summed E-state index contributed by atoms with van der Waals surface area (Å²) in [4.78, 5) is 14.1. The van der Waals surface area contributed by atoms with Crippen LogP contribution < -0.4 is 10.6 Å². The molecule has 1 heterocycles. The average molecular weight is 241 g/mol.